The average molecular weight is 423 g/mol. The van der Waals surface area contributed by atoms with Crippen molar-refractivity contribution in [2.45, 2.75) is 10.5 Å². The summed E-state index contributed by atoms with van der Waals surface area (Å²) in [6.45, 7) is 2.04. The third kappa shape index (κ3) is 2.29. The average Bonchev–Trinajstić information content (AvgIpc) is 2.15. The van der Waals surface area contributed by atoms with Gasteiger partial charge in [0.05, 0.1) is 3.55 Å². The summed E-state index contributed by atoms with van der Waals surface area (Å²) >= 11 is 4.64. The number of benzene rings is 2. The van der Waals surface area contributed by atoms with Crippen LogP contribution in [0, 0.1) is 3.57 Å². The van der Waals surface area contributed by atoms with Crippen molar-refractivity contribution in [3.8, 4) is 0 Å². The molecule has 78 valence electrons. The molecule has 0 spiro atoms. The molecular weight excluding hydrogens is 412 g/mol. The zero-order valence-electron chi connectivity index (χ0n) is 8.30. The van der Waals surface area contributed by atoms with Crippen molar-refractivity contribution in [3.05, 3.63) is 45.5 Å². The van der Waals surface area contributed by atoms with Gasteiger partial charge in [-0.25, -0.2) is 0 Å². The van der Waals surface area contributed by atoms with Gasteiger partial charge in [-0.3, -0.25) is 0 Å². The van der Waals surface area contributed by atoms with Gasteiger partial charge in [-0.2, -0.15) is 0 Å². The summed E-state index contributed by atoms with van der Waals surface area (Å²) in [5.41, 5.74) is 7.43. The predicted molar refractivity (Wildman–Crippen MR) is 82.2 cm³/mol. The van der Waals surface area contributed by atoms with Crippen molar-refractivity contribution >= 4 is 56.0 Å². The van der Waals surface area contributed by atoms with E-state index in [2.05, 4.69) is 81.6 Å². The number of nitrogens with two attached hydrogens (primary N) is 1. The van der Waals surface area contributed by atoms with Gasteiger partial charge in [0.25, 0.3) is 0 Å². The molecule has 0 amide bonds. The topological polar surface area (TPSA) is 26.0 Å². The Morgan fingerprint density at radius 3 is 2.47 bits per heavy atom. The summed E-state index contributed by atoms with van der Waals surface area (Å²) in [5.74, 6) is 0. The molecule has 0 aliphatic rings. The summed E-state index contributed by atoms with van der Waals surface area (Å²) in [5, 5.41) is 2.50. The van der Waals surface area contributed by atoms with Gasteiger partial charge in [0.1, 0.15) is 0 Å². The standard InChI is InChI=1S/C12H11I2N/c1-12(14,15)11-9-5-3-2-4-8(9)6-7-10(11)13/h2-7H,15H2,1H3/t12-/m0/s1. The van der Waals surface area contributed by atoms with E-state index >= 15 is 0 Å². The predicted octanol–water partition coefficient (Wildman–Crippen LogP) is 4.01. The van der Waals surface area contributed by atoms with Crippen molar-refractivity contribution in [2.75, 3.05) is 0 Å². The van der Waals surface area contributed by atoms with E-state index in [1.807, 2.05) is 6.92 Å². The Bertz CT molecular complexity index is 500. The molecule has 2 N–H and O–H groups in total. The van der Waals surface area contributed by atoms with Crippen LogP contribution in [0.15, 0.2) is 36.4 Å². The van der Waals surface area contributed by atoms with Crippen molar-refractivity contribution in [1.29, 1.82) is 0 Å². The molecule has 0 aromatic heterocycles. The molecule has 0 aliphatic carbocycles. The molecule has 15 heavy (non-hydrogen) atoms. The normalized spacial score (nSPS) is 15.2. The van der Waals surface area contributed by atoms with Gasteiger partial charge in [-0.15, -0.1) is 0 Å². The number of halogens is 2. The molecule has 0 aliphatic heterocycles. The number of hydrogen-bond acceptors (Lipinski definition) is 1. The van der Waals surface area contributed by atoms with Crippen LogP contribution in [0.1, 0.15) is 12.5 Å². The van der Waals surface area contributed by atoms with Crippen LogP contribution in [0.4, 0.5) is 0 Å². The highest BCUT2D eigenvalue weighted by Crippen LogP contribution is 2.35. The maximum atomic E-state index is 6.21. The molecule has 0 saturated carbocycles. The highest BCUT2D eigenvalue weighted by atomic mass is 127. The second kappa shape index (κ2) is 4.18. The Morgan fingerprint density at radius 1 is 1.13 bits per heavy atom. The summed E-state index contributed by atoms with van der Waals surface area (Å²) in [6.07, 6.45) is 0. The molecule has 0 bridgehead atoms. The zero-order valence-corrected chi connectivity index (χ0v) is 12.6. The van der Waals surface area contributed by atoms with Gasteiger partial charge in [0.2, 0.25) is 0 Å². The molecule has 3 heteroatoms. The molecule has 1 atom stereocenters. The molecule has 0 saturated heterocycles. The lowest BCUT2D eigenvalue weighted by Crippen LogP contribution is -2.26. The van der Waals surface area contributed by atoms with Crippen LogP contribution in [0.25, 0.3) is 10.8 Å². The SMILES string of the molecule is C[C@@](N)(I)c1c(I)ccc2ccccc12. The first kappa shape index (κ1) is 11.6. The van der Waals surface area contributed by atoms with Crippen molar-refractivity contribution in [1.82, 2.24) is 0 Å². The fourth-order valence-electron chi connectivity index (χ4n) is 1.74. The highest BCUT2D eigenvalue weighted by Gasteiger charge is 2.21. The smallest absolute Gasteiger partial charge is 0.0923 e. The summed E-state index contributed by atoms with van der Waals surface area (Å²) in [4.78, 5) is 0. The summed E-state index contributed by atoms with van der Waals surface area (Å²) in [7, 11) is 0. The van der Waals surface area contributed by atoms with E-state index in [0.29, 0.717) is 0 Å². The lowest BCUT2D eigenvalue weighted by atomic mass is 10.0. The molecule has 0 fully saturated rings. The maximum Gasteiger partial charge on any atom is 0.0923 e. The van der Waals surface area contributed by atoms with Crippen molar-refractivity contribution in [3.63, 3.8) is 0 Å². The quantitative estimate of drug-likeness (QED) is 0.419. The minimum absolute atomic E-state index is 0.324. The minimum Gasteiger partial charge on any atom is -0.313 e. The Morgan fingerprint density at radius 2 is 1.80 bits per heavy atom. The van der Waals surface area contributed by atoms with E-state index in [-0.39, 0.29) is 3.55 Å². The number of fused-ring (bicyclic) bond motifs is 1. The number of hydrogen-bond donors (Lipinski definition) is 1. The molecule has 1 nitrogen and oxygen atoms in total. The lowest BCUT2D eigenvalue weighted by molar-refractivity contribution is 0.783. The Balaban J connectivity index is 2.86. The number of alkyl halides is 1. The van der Waals surface area contributed by atoms with Crippen LogP contribution in [0.3, 0.4) is 0 Å². The first-order valence-corrected chi connectivity index (χ1v) is 6.81. The maximum absolute atomic E-state index is 6.21. The minimum atomic E-state index is -0.324. The van der Waals surface area contributed by atoms with Crippen LogP contribution >= 0.6 is 45.2 Å². The Hall–Kier alpha value is 0.120. The van der Waals surface area contributed by atoms with Crippen LogP contribution in [0.2, 0.25) is 0 Å². The molecule has 0 heterocycles. The second-order valence-corrected chi connectivity index (χ2v) is 7.12. The van der Waals surface area contributed by atoms with E-state index in [0.717, 1.165) is 0 Å². The monoisotopic (exact) mass is 423 g/mol. The first-order chi connectivity index (χ1) is 7.00. The first-order valence-electron chi connectivity index (χ1n) is 4.65. The van der Waals surface area contributed by atoms with Crippen molar-refractivity contribution < 1.29 is 0 Å². The summed E-state index contributed by atoms with van der Waals surface area (Å²) < 4.78 is 0.903. The van der Waals surface area contributed by atoms with Crippen LogP contribution in [-0.2, 0) is 3.55 Å². The van der Waals surface area contributed by atoms with E-state index in [9.17, 15) is 0 Å². The van der Waals surface area contributed by atoms with E-state index < -0.39 is 0 Å². The third-order valence-electron chi connectivity index (χ3n) is 2.37. The fraction of sp³-hybridized carbons (Fsp3) is 0.167. The zero-order chi connectivity index (χ0) is 11.1. The van der Waals surface area contributed by atoms with Gasteiger partial charge >= 0.3 is 0 Å². The molecular formula is C12H11I2N. The van der Waals surface area contributed by atoms with Crippen molar-refractivity contribution in [2.24, 2.45) is 5.73 Å². The Labute approximate surface area is 117 Å². The Kier molecular flexibility index (Phi) is 3.23. The number of rotatable bonds is 1. The highest BCUT2D eigenvalue weighted by molar-refractivity contribution is 14.1. The lowest BCUT2D eigenvalue weighted by Gasteiger charge is -2.21. The van der Waals surface area contributed by atoms with E-state index in [1.165, 1.54) is 19.9 Å². The van der Waals surface area contributed by atoms with Gasteiger partial charge in [0, 0.05) is 9.13 Å². The molecule has 0 unspecified atom stereocenters. The van der Waals surface area contributed by atoms with Crippen LogP contribution in [0.5, 0.6) is 0 Å². The third-order valence-corrected chi connectivity index (χ3v) is 3.81. The van der Waals surface area contributed by atoms with Gasteiger partial charge in [0.15, 0.2) is 0 Å². The molecule has 2 rings (SSSR count). The molecule has 2 aromatic rings. The second-order valence-electron chi connectivity index (χ2n) is 3.72. The molecule has 2 aromatic carbocycles. The van der Waals surface area contributed by atoms with Gasteiger partial charge in [-0.1, -0.05) is 52.9 Å². The largest absolute Gasteiger partial charge is 0.313 e. The van der Waals surface area contributed by atoms with Gasteiger partial charge < -0.3 is 5.73 Å². The summed E-state index contributed by atoms with van der Waals surface area (Å²) in [6, 6.07) is 12.6. The van der Waals surface area contributed by atoms with Crippen LogP contribution < -0.4 is 5.73 Å². The fourth-order valence-corrected chi connectivity index (χ4v) is 3.87. The van der Waals surface area contributed by atoms with Crippen LogP contribution in [-0.4, -0.2) is 0 Å². The molecule has 0 radical (unpaired) electrons. The van der Waals surface area contributed by atoms with E-state index in [1.54, 1.807) is 0 Å². The van der Waals surface area contributed by atoms with E-state index in [4.69, 9.17) is 5.73 Å². The van der Waals surface area contributed by atoms with Gasteiger partial charge in [-0.05, 0) is 46.4 Å².